The molecule has 28 heavy (non-hydrogen) atoms. The number of esters is 1. The van der Waals surface area contributed by atoms with Crippen LogP contribution in [0.25, 0.3) is 5.82 Å². The van der Waals surface area contributed by atoms with Gasteiger partial charge in [-0.3, -0.25) is 0 Å². The monoisotopic (exact) mass is 379 g/mol. The number of nitrogens with one attached hydrogen (secondary N) is 2. The standard InChI is InChI=1S/C20H21N5O3/c1-2-12-28-19(26)16-4-6-17(7-5-16)24-20(27)22-14-15-8-10-21-18(13-15)25-11-3-9-23-25/h3-11,13H,2,12,14H2,1H3,(H2,22,24,27). The van der Waals surface area contributed by atoms with Gasteiger partial charge in [-0.05, 0) is 54.4 Å². The normalized spacial score (nSPS) is 10.3. The molecule has 0 spiro atoms. The summed E-state index contributed by atoms with van der Waals surface area (Å²) in [6.45, 7) is 2.66. The number of carbonyl (C=O) groups excluding carboxylic acids is 2. The Morgan fingerprint density at radius 2 is 1.96 bits per heavy atom. The molecule has 0 fully saturated rings. The van der Waals surface area contributed by atoms with Gasteiger partial charge in [0, 0.05) is 30.8 Å². The molecule has 2 aromatic heterocycles. The zero-order valence-electron chi connectivity index (χ0n) is 15.5. The number of hydrogen-bond donors (Lipinski definition) is 2. The number of urea groups is 1. The van der Waals surface area contributed by atoms with Crippen molar-refractivity contribution in [2.24, 2.45) is 0 Å². The van der Waals surface area contributed by atoms with Crippen LogP contribution in [-0.2, 0) is 11.3 Å². The van der Waals surface area contributed by atoms with Crippen molar-refractivity contribution in [3.63, 3.8) is 0 Å². The lowest BCUT2D eigenvalue weighted by atomic mass is 10.2. The summed E-state index contributed by atoms with van der Waals surface area (Å²) in [5.41, 5.74) is 1.92. The molecule has 0 saturated heterocycles. The Kier molecular flexibility index (Phi) is 6.35. The topological polar surface area (TPSA) is 98.1 Å². The van der Waals surface area contributed by atoms with Crippen LogP contribution in [0, 0.1) is 0 Å². The Morgan fingerprint density at radius 3 is 2.68 bits per heavy atom. The minimum atomic E-state index is -0.372. The summed E-state index contributed by atoms with van der Waals surface area (Å²) in [5, 5.41) is 9.65. The quantitative estimate of drug-likeness (QED) is 0.615. The van der Waals surface area contributed by atoms with E-state index in [1.807, 2.05) is 25.1 Å². The van der Waals surface area contributed by atoms with Crippen molar-refractivity contribution in [1.29, 1.82) is 0 Å². The molecular formula is C20H21N5O3. The highest BCUT2D eigenvalue weighted by Crippen LogP contribution is 2.11. The van der Waals surface area contributed by atoms with Crippen LogP contribution in [-0.4, -0.2) is 33.4 Å². The predicted octanol–water partition coefficient (Wildman–Crippen LogP) is 3.16. The number of carbonyl (C=O) groups is 2. The van der Waals surface area contributed by atoms with Gasteiger partial charge >= 0.3 is 12.0 Å². The molecule has 8 heteroatoms. The van der Waals surface area contributed by atoms with Crippen LogP contribution in [0.3, 0.4) is 0 Å². The van der Waals surface area contributed by atoms with Crippen molar-refractivity contribution < 1.29 is 14.3 Å². The highest BCUT2D eigenvalue weighted by atomic mass is 16.5. The molecule has 3 rings (SSSR count). The average Bonchev–Trinajstić information content (AvgIpc) is 3.26. The number of rotatable bonds is 7. The Balaban J connectivity index is 1.52. The number of hydrogen-bond acceptors (Lipinski definition) is 5. The lowest BCUT2D eigenvalue weighted by Gasteiger charge is -2.09. The fourth-order valence-corrected chi connectivity index (χ4v) is 2.43. The maximum absolute atomic E-state index is 12.1. The Hall–Kier alpha value is -3.68. The number of anilines is 1. The van der Waals surface area contributed by atoms with Crippen molar-refractivity contribution in [2.45, 2.75) is 19.9 Å². The molecule has 3 aromatic rings. The first-order valence-corrected chi connectivity index (χ1v) is 8.92. The summed E-state index contributed by atoms with van der Waals surface area (Å²) < 4.78 is 6.72. The van der Waals surface area contributed by atoms with Crippen molar-refractivity contribution in [3.05, 3.63) is 72.2 Å². The maximum Gasteiger partial charge on any atom is 0.338 e. The third-order valence-electron chi connectivity index (χ3n) is 3.82. The molecule has 2 N–H and O–H groups in total. The first-order valence-electron chi connectivity index (χ1n) is 8.92. The Labute approximate surface area is 162 Å². The van der Waals surface area contributed by atoms with E-state index in [1.165, 1.54) is 0 Å². The van der Waals surface area contributed by atoms with Crippen LogP contribution < -0.4 is 10.6 Å². The number of aromatic nitrogens is 3. The molecule has 0 radical (unpaired) electrons. The highest BCUT2D eigenvalue weighted by molar-refractivity contribution is 5.92. The zero-order valence-corrected chi connectivity index (χ0v) is 15.5. The average molecular weight is 379 g/mol. The smallest absolute Gasteiger partial charge is 0.338 e. The van der Waals surface area contributed by atoms with E-state index in [0.717, 1.165) is 12.0 Å². The number of pyridine rings is 1. The minimum absolute atomic E-state index is 0.337. The second-order valence-corrected chi connectivity index (χ2v) is 5.99. The molecule has 0 saturated carbocycles. The number of nitrogens with zero attached hydrogens (tertiary/aromatic N) is 3. The van der Waals surface area contributed by atoms with Gasteiger partial charge in [-0.1, -0.05) is 6.92 Å². The van der Waals surface area contributed by atoms with Crippen LogP contribution in [0.2, 0.25) is 0 Å². The molecule has 0 aliphatic rings. The molecule has 0 unspecified atom stereocenters. The summed E-state index contributed by atoms with van der Waals surface area (Å²) in [5.74, 6) is 0.304. The van der Waals surface area contributed by atoms with Crippen molar-refractivity contribution in [2.75, 3.05) is 11.9 Å². The number of ether oxygens (including phenoxy) is 1. The van der Waals surface area contributed by atoms with Gasteiger partial charge in [0.1, 0.15) is 0 Å². The molecule has 0 bridgehead atoms. The zero-order chi connectivity index (χ0) is 19.8. The van der Waals surface area contributed by atoms with E-state index in [1.54, 1.807) is 47.5 Å². The second kappa shape index (κ2) is 9.31. The van der Waals surface area contributed by atoms with E-state index in [9.17, 15) is 9.59 Å². The third-order valence-corrected chi connectivity index (χ3v) is 3.82. The van der Waals surface area contributed by atoms with E-state index < -0.39 is 0 Å². The van der Waals surface area contributed by atoms with Gasteiger partial charge in [-0.15, -0.1) is 0 Å². The van der Waals surface area contributed by atoms with Gasteiger partial charge < -0.3 is 15.4 Å². The van der Waals surface area contributed by atoms with E-state index >= 15 is 0 Å². The van der Waals surface area contributed by atoms with Gasteiger partial charge in [-0.2, -0.15) is 5.10 Å². The summed E-state index contributed by atoms with van der Waals surface area (Å²) in [6, 6.07) is 11.7. The Morgan fingerprint density at radius 1 is 1.14 bits per heavy atom. The van der Waals surface area contributed by atoms with Gasteiger partial charge in [0.15, 0.2) is 5.82 Å². The molecule has 2 amide bonds. The Bertz CT molecular complexity index is 923. The predicted molar refractivity (Wildman–Crippen MR) is 104 cm³/mol. The first kappa shape index (κ1) is 19.1. The lowest BCUT2D eigenvalue weighted by molar-refractivity contribution is 0.0505. The SMILES string of the molecule is CCCOC(=O)c1ccc(NC(=O)NCc2ccnc(-n3cccn3)c2)cc1. The highest BCUT2D eigenvalue weighted by Gasteiger charge is 2.08. The van der Waals surface area contributed by atoms with Gasteiger partial charge in [0.2, 0.25) is 0 Å². The van der Waals surface area contributed by atoms with Crippen LogP contribution in [0.1, 0.15) is 29.3 Å². The van der Waals surface area contributed by atoms with Gasteiger partial charge in [0.05, 0.1) is 12.2 Å². The van der Waals surface area contributed by atoms with Gasteiger partial charge in [-0.25, -0.2) is 19.3 Å². The van der Waals surface area contributed by atoms with Crippen molar-refractivity contribution in [3.8, 4) is 5.82 Å². The molecular weight excluding hydrogens is 358 g/mol. The molecule has 2 heterocycles. The first-order chi connectivity index (χ1) is 13.7. The fourth-order valence-electron chi connectivity index (χ4n) is 2.43. The van der Waals surface area contributed by atoms with Crippen LogP contribution >= 0.6 is 0 Å². The minimum Gasteiger partial charge on any atom is -0.462 e. The fraction of sp³-hybridized carbons (Fsp3) is 0.200. The molecule has 0 aliphatic carbocycles. The van der Waals surface area contributed by atoms with Crippen LogP contribution in [0.4, 0.5) is 10.5 Å². The van der Waals surface area contributed by atoms with E-state index in [2.05, 4.69) is 20.7 Å². The summed E-state index contributed by atoms with van der Waals surface area (Å²) in [4.78, 5) is 28.1. The largest absolute Gasteiger partial charge is 0.462 e. The maximum atomic E-state index is 12.1. The molecule has 8 nitrogen and oxygen atoms in total. The van der Waals surface area contributed by atoms with Crippen LogP contribution in [0.5, 0.6) is 0 Å². The molecule has 0 atom stereocenters. The number of benzene rings is 1. The summed E-state index contributed by atoms with van der Waals surface area (Å²) in [6.07, 6.45) is 5.91. The summed E-state index contributed by atoms with van der Waals surface area (Å²) in [7, 11) is 0. The van der Waals surface area contributed by atoms with Crippen LogP contribution in [0.15, 0.2) is 61.1 Å². The van der Waals surface area contributed by atoms with E-state index in [4.69, 9.17) is 4.74 Å². The number of amides is 2. The summed E-state index contributed by atoms with van der Waals surface area (Å²) >= 11 is 0. The second-order valence-electron chi connectivity index (χ2n) is 5.99. The van der Waals surface area contributed by atoms with Crippen molar-refractivity contribution >= 4 is 17.7 Å². The lowest BCUT2D eigenvalue weighted by Crippen LogP contribution is -2.28. The van der Waals surface area contributed by atoms with E-state index in [-0.39, 0.29) is 12.0 Å². The molecule has 144 valence electrons. The molecule has 0 aliphatic heterocycles. The third kappa shape index (κ3) is 5.16. The van der Waals surface area contributed by atoms with Crippen molar-refractivity contribution in [1.82, 2.24) is 20.1 Å². The van der Waals surface area contributed by atoms with E-state index in [0.29, 0.717) is 30.2 Å². The van der Waals surface area contributed by atoms with Gasteiger partial charge in [0.25, 0.3) is 0 Å². The molecule has 1 aromatic carbocycles.